The SMILES string of the molecule is CC(C)C(=O)Nc1cccc(C(=O)NCc2ccco2)c1. The predicted octanol–water partition coefficient (Wildman–Crippen LogP) is 2.80. The van der Waals surface area contributed by atoms with Gasteiger partial charge >= 0.3 is 0 Å². The molecule has 2 amide bonds. The zero-order valence-electron chi connectivity index (χ0n) is 12.1. The molecule has 0 saturated carbocycles. The van der Waals surface area contributed by atoms with Gasteiger partial charge in [-0.25, -0.2) is 0 Å². The summed E-state index contributed by atoms with van der Waals surface area (Å²) in [6.45, 7) is 3.96. The largest absolute Gasteiger partial charge is 0.467 e. The summed E-state index contributed by atoms with van der Waals surface area (Å²) in [5.41, 5.74) is 1.10. The van der Waals surface area contributed by atoms with Crippen LogP contribution in [0.25, 0.3) is 0 Å². The number of amides is 2. The van der Waals surface area contributed by atoms with Crippen LogP contribution in [0.2, 0.25) is 0 Å². The van der Waals surface area contributed by atoms with E-state index in [9.17, 15) is 9.59 Å². The summed E-state index contributed by atoms with van der Waals surface area (Å²) in [5.74, 6) is 0.282. The Hall–Kier alpha value is -2.56. The lowest BCUT2D eigenvalue weighted by Gasteiger charge is -2.09. The third kappa shape index (κ3) is 4.21. The Morgan fingerprint density at radius 1 is 1.19 bits per heavy atom. The van der Waals surface area contributed by atoms with E-state index in [0.717, 1.165) is 0 Å². The molecule has 0 aliphatic carbocycles. The van der Waals surface area contributed by atoms with E-state index < -0.39 is 0 Å². The van der Waals surface area contributed by atoms with Crippen molar-refractivity contribution in [3.05, 3.63) is 54.0 Å². The Bertz CT molecular complexity index is 618. The fraction of sp³-hybridized carbons (Fsp3) is 0.250. The van der Waals surface area contributed by atoms with Crippen LogP contribution in [0, 0.1) is 5.92 Å². The number of hydrogen-bond acceptors (Lipinski definition) is 3. The summed E-state index contributed by atoms with van der Waals surface area (Å²) in [4.78, 5) is 23.7. The fourth-order valence-corrected chi connectivity index (χ4v) is 1.71. The Labute approximate surface area is 123 Å². The average Bonchev–Trinajstić information content (AvgIpc) is 2.98. The first kappa shape index (κ1) is 14.8. The number of carbonyl (C=O) groups is 2. The molecular weight excluding hydrogens is 268 g/mol. The molecule has 2 aromatic rings. The van der Waals surface area contributed by atoms with Crippen LogP contribution in [0.4, 0.5) is 5.69 Å². The molecule has 5 heteroatoms. The predicted molar refractivity (Wildman–Crippen MR) is 79.8 cm³/mol. The van der Waals surface area contributed by atoms with Crippen molar-refractivity contribution in [3.63, 3.8) is 0 Å². The number of nitrogens with one attached hydrogen (secondary N) is 2. The molecule has 2 N–H and O–H groups in total. The topological polar surface area (TPSA) is 71.3 Å². The molecular formula is C16H18N2O3. The van der Waals surface area contributed by atoms with E-state index in [1.807, 2.05) is 13.8 Å². The monoisotopic (exact) mass is 286 g/mol. The molecule has 110 valence electrons. The van der Waals surface area contributed by atoms with Gasteiger partial charge in [0, 0.05) is 17.2 Å². The van der Waals surface area contributed by atoms with Gasteiger partial charge in [-0.3, -0.25) is 9.59 Å². The number of benzene rings is 1. The normalized spacial score (nSPS) is 10.4. The summed E-state index contributed by atoms with van der Waals surface area (Å²) >= 11 is 0. The zero-order valence-corrected chi connectivity index (χ0v) is 12.1. The second-order valence-electron chi connectivity index (χ2n) is 4.99. The minimum Gasteiger partial charge on any atom is -0.467 e. The molecule has 1 aromatic carbocycles. The van der Waals surface area contributed by atoms with E-state index in [2.05, 4.69) is 10.6 Å². The quantitative estimate of drug-likeness (QED) is 0.887. The maximum Gasteiger partial charge on any atom is 0.251 e. The van der Waals surface area contributed by atoms with Gasteiger partial charge < -0.3 is 15.1 Å². The van der Waals surface area contributed by atoms with Gasteiger partial charge in [0.25, 0.3) is 5.91 Å². The van der Waals surface area contributed by atoms with Crippen LogP contribution in [0.5, 0.6) is 0 Å². The van der Waals surface area contributed by atoms with Crippen LogP contribution in [0.3, 0.4) is 0 Å². The van der Waals surface area contributed by atoms with E-state index in [-0.39, 0.29) is 17.7 Å². The number of furan rings is 1. The number of carbonyl (C=O) groups excluding carboxylic acids is 2. The van der Waals surface area contributed by atoms with Gasteiger partial charge in [-0.05, 0) is 30.3 Å². The fourth-order valence-electron chi connectivity index (χ4n) is 1.71. The van der Waals surface area contributed by atoms with Crippen LogP contribution in [0.15, 0.2) is 47.1 Å². The van der Waals surface area contributed by atoms with Crippen molar-refractivity contribution >= 4 is 17.5 Å². The number of rotatable bonds is 5. The first-order valence-corrected chi connectivity index (χ1v) is 6.78. The molecule has 0 saturated heterocycles. The second kappa shape index (κ2) is 6.74. The molecule has 0 atom stereocenters. The molecule has 0 aliphatic rings. The van der Waals surface area contributed by atoms with Crippen LogP contribution in [-0.2, 0) is 11.3 Å². The number of anilines is 1. The average molecular weight is 286 g/mol. The summed E-state index contributed by atoms with van der Waals surface area (Å²) in [7, 11) is 0. The van der Waals surface area contributed by atoms with Gasteiger partial charge in [-0.1, -0.05) is 19.9 Å². The minimum absolute atomic E-state index is 0.0804. The summed E-state index contributed by atoms with van der Waals surface area (Å²) in [6, 6.07) is 10.4. The third-order valence-corrected chi connectivity index (χ3v) is 2.92. The standard InChI is InChI=1S/C16H18N2O3/c1-11(2)15(19)18-13-6-3-5-12(9-13)16(20)17-10-14-7-4-8-21-14/h3-9,11H,10H2,1-2H3,(H,17,20)(H,18,19). The maximum atomic E-state index is 12.0. The second-order valence-corrected chi connectivity index (χ2v) is 4.99. The van der Waals surface area contributed by atoms with Gasteiger partial charge in [0.2, 0.25) is 5.91 Å². The Morgan fingerprint density at radius 3 is 2.67 bits per heavy atom. The van der Waals surface area contributed by atoms with Gasteiger partial charge in [0.15, 0.2) is 0 Å². The smallest absolute Gasteiger partial charge is 0.251 e. The van der Waals surface area contributed by atoms with Crippen LogP contribution in [-0.4, -0.2) is 11.8 Å². The van der Waals surface area contributed by atoms with E-state index >= 15 is 0 Å². The van der Waals surface area contributed by atoms with E-state index in [1.165, 1.54) is 0 Å². The summed E-state index contributed by atoms with van der Waals surface area (Å²) in [5, 5.41) is 5.53. The maximum absolute atomic E-state index is 12.0. The van der Waals surface area contributed by atoms with Gasteiger partial charge in [-0.2, -0.15) is 0 Å². The highest BCUT2D eigenvalue weighted by Gasteiger charge is 2.10. The molecule has 0 spiro atoms. The number of hydrogen-bond donors (Lipinski definition) is 2. The zero-order chi connectivity index (χ0) is 15.2. The van der Waals surface area contributed by atoms with Crippen molar-refractivity contribution in [1.29, 1.82) is 0 Å². The lowest BCUT2D eigenvalue weighted by molar-refractivity contribution is -0.118. The van der Waals surface area contributed by atoms with E-state index in [1.54, 1.807) is 42.7 Å². The van der Waals surface area contributed by atoms with Crippen LogP contribution < -0.4 is 10.6 Å². The third-order valence-electron chi connectivity index (χ3n) is 2.92. The molecule has 0 bridgehead atoms. The van der Waals surface area contributed by atoms with Crippen LogP contribution in [0.1, 0.15) is 30.0 Å². The van der Waals surface area contributed by atoms with Crippen LogP contribution >= 0.6 is 0 Å². The van der Waals surface area contributed by atoms with Crippen molar-refractivity contribution in [3.8, 4) is 0 Å². The lowest BCUT2D eigenvalue weighted by Crippen LogP contribution is -2.23. The van der Waals surface area contributed by atoms with Gasteiger partial charge in [0.05, 0.1) is 12.8 Å². The molecule has 5 nitrogen and oxygen atoms in total. The molecule has 0 unspecified atom stereocenters. The lowest BCUT2D eigenvalue weighted by atomic mass is 10.1. The van der Waals surface area contributed by atoms with Crippen molar-refractivity contribution in [2.75, 3.05) is 5.32 Å². The van der Waals surface area contributed by atoms with Crippen molar-refractivity contribution in [2.45, 2.75) is 20.4 Å². The molecule has 2 rings (SSSR count). The van der Waals surface area contributed by atoms with E-state index in [4.69, 9.17) is 4.42 Å². The first-order valence-electron chi connectivity index (χ1n) is 6.78. The Balaban J connectivity index is 1.99. The summed E-state index contributed by atoms with van der Waals surface area (Å²) in [6.07, 6.45) is 1.56. The Morgan fingerprint density at radius 2 is 2.00 bits per heavy atom. The Kier molecular flexibility index (Phi) is 4.77. The van der Waals surface area contributed by atoms with Gasteiger partial charge in [0.1, 0.15) is 5.76 Å². The first-order chi connectivity index (χ1) is 10.1. The highest BCUT2D eigenvalue weighted by molar-refractivity contribution is 5.97. The molecule has 1 heterocycles. The van der Waals surface area contributed by atoms with Crippen molar-refractivity contribution < 1.29 is 14.0 Å². The highest BCUT2D eigenvalue weighted by atomic mass is 16.3. The van der Waals surface area contributed by atoms with Gasteiger partial charge in [-0.15, -0.1) is 0 Å². The molecule has 0 radical (unpaired) electrons. The molecule has 0 fully saturated rings. The summed E-state index contributed by atoms with van der Waals surface area (Å²) < 4.78 is 5.15. The molecule has 0 aliphatic heterocycles. The molecule has 21 heavy (non-hydrogen) atoms. The molecule has 1 aromatic heterocycles. The van der Waals surface area contributed by atoms with E-state index in [0.29, 0.717) is 23.6 Å². The highest BCUT2D eigenvalue weighted by Crippen LogP contribution is 2.12. The minimum atomic E-state index is -0.216. The van der Waals surface area contributed by atoms with Crippen molar-refractivity contribution in [2.24, 2.45) is 5.92 Å². The van der Waals surface area contributed by atoms with Crippen molar-refractivity contribution in [1.82, 2.24) is 5.32 Å².